The van der Waals surface area contributed by atoms with Gasteiger partial charge in [-0.05, 0) is 85.4 Å². The van der Waals surface area contributed by atoms with Gasteiger partial charge in [-0.15, -0.1) is 11.3 Å². The van der Waals surface area contributed by atoms with E-state index in [0.29, 0.717) is 27.6 Å². The SMILES string of the molecule is COc1ccc(C2C3=CCC4C(=O)N(c5cccc(B(O)O)c5)C(=O)C4C3CC3C(=O)N(c4cc(-c5sc6ccc(Cl)cc6c5C)nn4C)C(=O)C32C)c(O)c1. The first kappa shape index (κ1) is 36.4. The van der Waals surface area contributed by atoms with Gasteiger partial charge >= 0.3 is 7.12 Å². The van der Waals surface area contributed by atoms with Gasteiger partial charge in [0.05, 0.1) is 40.8 Å². The third-order valence-corrected chi connectivity index (χ3v) is 14.0. The van der Waals surface area contributed by atoms with Gasteiger partial charge in [0.1, 0.15) is 23.0 Å². The summed E-state index contributed by atoms with van der Waals surface area (Å²) in [5.41, 5.74) is 1.62. The number of anilines is 2. The Bertz CT molecular complexity index is 2580. The number of phenols is 1. The van der Waals surface area contributed by atoms with E-state index in [2.05, 4.69) is 0 Å². The van der Waals surface area contributed by atoms with Crippen molar-refractivity contribution in [2.75, 3.05) is 16.9 Å². The summed E-state index contributed by atoms with van der Waals surface area (Å²) in [6.45, 7) is 3.74. The Balaban J connectivity index is 1.15. The molecule has 0 spiro atoms. The number of hydrogen-bond donors (Lipinski definition) is 3. The number of allylic oxidation sites excluding steroid dienone is 2. The predicted molar refractivity (Wildman–Crippen MR) is 212 cm³/mol. The maximum Gasteiger partial charge on any atom is 0.488 e. The molecule has 6 atom stereocenters. The van der Waals surface area contributed by atoms with E-state index >= 15 is 4.79 Å². The summed E-state index contributed by atoms with van der Waals surface area (Å²) in [6, 6.07) is 18.3. The molecule has 5 aromatic rings. The molecule has 56 heavy (non-hydrogen) atoms. The number of carbonyl (C=O) groups is 4. The lowest BCUT2D eigenvalue weighted by Crippen LogP contribution is -2.49. The predicted octanol–water partition coefficient (Wildman–Crippen LogP) is 5.09. The van der Waals surface area contributed by atoms with Gasteiger partial charge in [0, 0.05) is 40.4 Å². The molecule has 1 saturated carbocycles. The number of aromatic nitrogens is 2. The highest BCUT2D eigenvalue weighted by atomic mass is 35.5. The van der Waals surface area contributed by atoms with Crippen LogP contribution in [0.15, 0.2) is 78.4 Å². The lowest BCUT2D eigenvalue weighted by molar-refractivity contribution is -0.131. The molecular formula is C41H36BClN4O8S. The minimum atomic E-state index is -1.80. The molecule has 2 aliphatic heterocycles. The average Bonchev–Trinajstić information content (AvgIpc) is 3.85. The van der Waals surface area contributed by atoms with Gasteiger partial charge in [-0.2, -0.15) is 5.10 Å². The Morgan fingerprint density at radius 1 is 0.964 bits per heavy atom. The molecule has 3 N–H and O–H groups in total. The maximum atomic E-state index is 15.1. The second-order valence-electron chi connectivity index (χ2n) is 15.3. The van der Waals surface area contributed by atoms with Crippen molar-refractivity contribution in [1.82, 2.24) is 9.78 Å². The number of ether oxygens (including phenoxy) is 1. The first-order valence-corrected chi connectivity index (χ1v) is 19.5. The number of rotatable bonds is 6. The zero-order chi connectivity index (χ0) is 39.5. The molecule has 2 aliphatic carbocycles. The van der Waals surface area contributed by atoms with E-state index in [0.717, 1.165) is 25.4 Å². The Morgan fingerprint density at radius 2 is 1.75 bits per heavy atom. The fraction of sp³-hybridized carbons (Fsp3) is 0.293. The summed E-state index contributed by atoms with van der Waals surface area (Å²) in [7, 11) is 1.36. The first-order chi connectivity index (χ1) is 26.7. The third kappa shape index (κ3) is 5.09. The number of methoxy groups -OCH3 is 1. The number of nitrogens with zero attached hydrogens (tertiary/aromatic N) is 4. The highest BCUT2D eigenvalue weighted by Crippen LogP contribution is 2.64. The fourth-order valence-corrected chi connectivity index (χ4v) is 11.1. The van der Waals surface area contributed by atoms with Crippen molar-refractivity contribution in [3.63, 3.8) is 0 Å². The first-order valence-electron chi connectivity index (χ1n) is 18.3. The number of amides is 4. The number of phenolic OH excluding ortho intramolecular Hbond substituents is 1. The van der Waals surface area contributed by atoms with Crippen LogP contribution in [0.2, 0.25) is 5.02 Å². The minimum Gasteiger partial charge on any atom is -0.508 e. The monoisotopic (exact) mass is 790 g/mol. The minimum absolute atomic E-state index is 0.112. The van der Waals surface area contributed by atoms with Crippen molar-refractivity contribution < 1.29 is 39.1 Å². The van der Waals surface area contributed by atoms with Crippen LogP contribution >= 0.6 is 22.9 Å². The summed E-state index contributed by atoms with van der Waals surface area (Å²) in [5.74, 6) is -5.24. The molecule has 0 radical (unpaired) electrons. The Morgan fingerprint density at radius 3 is 2.48 bits per heavy atom. The molecule has 4 amide bonds. The highest BCUT2D eigenvalue weighted by Gasteiger charge is 2.68. The number of benzene rings is 3. The van der Waals surface area contributed by atoms with Crippen molar-refractivity contribution in [2.24, 2.45) is 36.1 Å². The molecule has 284 valence electrons. The largest absolute Gasteiger partial charge is 0.508 e. The summed E-state index contributed by atoms with van der Waals surface area (Å²) < 4.78 is 7.93. The highest BCUT2D eigenvalue weighted by molar-refractivity contribution is 7.22. The molecule has 3 aromatic carbocycles. The number of aromatic hydroxyl groups is 1. The topological polar surface area (TPSA) is 162 Å². The van der Waals surface area contributed by atoms with Gasteiger partial charge in [0.25, 0.3) is 0 Å². The standard InChI is InChI=1S/C41H36BClN4O8S/c1-19-27-15-21(43)8-13-32(27)56-36(19)30-18-33(45(3)44-30)47-38(50)29-17-28-24(35(41(29,2)40(47)52)25-10-9-23(55-4)16-31(25)48)11-12-26-34(28)39(51)46(37(26)49)22-7-5-6-20(14-22)42(53)54/h5-11,13-16,18,26,28-29,34-35,48,53-54H,12,17H2,1-4H3. The van der Waals surface area contributed by atoms with Crippen molar-refractivity contribution in [1.29, 1.82) is 0 Å². The Kier molecular flexibility index (Phi) is 8.37. The van der Waals surface area contributed by atoms with E-state index < -0.39 is 65.8 Å². The smallest absolute Gasteiger partial charge is 0.488 e. The van der Waals surface area contributed by atoms with E-state index in [1.165, 1.54) is 34.9 Å². The zero-order valence-corrected chi connectivity index (χ0v) is 32.3. The van der Waals surface area contributed by atoms with E-state index in [-0.39, 0.29) is 35.6 Å². The van der Waals surface area contributed by atoms with Crippen LogP contribution < -0.4 is 20.0 Å². The Labute approximate surface area is 330 Å². The summed E-state index contributed by atoms with van der Waals surface area (Å²) >= 11 is 7.85. The van der Waals surface area contributed by atoms with Gasteiger partial charge < -0.3 is 19.9 Å². The number of aryl methyl sites for hydroxylation is 2. The van der Waals surface area contributed by atoms with Crippen molar-refractivity contribution >= 4 is 80.7 Å². The molecule has 4 heterocycles. The summed E-state index contributed by atoms with van der Waals surface area (Å²) in [6.07, 6.45) is 2.22. The number of imide groups is 2. The molecular weight excluding hydrogens is 755 g/mol. The normalized spacial score (nSPS) is 25.8. The lowest BCUT2D eigenvalue weighted by atomic mass is 9.51. The van der Waals surface area contributed by atoms with Crippen molar-refractivity contribution in [2.45, 2.75) is 32.6 Å². The molecule has 0 bridgehead atoms. The van der Waals surface area contributed by atoms with Crippen LogP contribution in [0.3, 0.4) is 0 Å². The Hall–Kier alpha value is -5.28. The molecule has 2 aromatic heterocycles. The van der Waals surface area contributed by atoms with Crippen LogP contribution in [0.1, 0.15) is 36.8 Å². The van der Waals surface area contributed by atoms with Crippen LogP contribution in [0, 0.1) is 36.0 Å². The van der Waals surface area contributed by atoms with E-state index in [1.807, 2.05) is 31.2 Å². The van der Waals surface area contributed by atoms with E-state index in [9.17, 15) is 29.5 Å². The molecule has 2 saturated heterocycles. The molecule has 4 aliphatic rings. The van der Waals surface area contributed by atoms with Gasteiger partial charge in [-0.1, -0.05) is 41.4 Å². The lowest BCUT2D eigenvalue weighted by Gasteiger charge is -2.49. The van der Waals surface area contributed by atoms with Crippen molar-refractivity contribution in [3.05, 3.63) is 94.5 Å². The van der Waals surface area contributed by atoms with Crippen LogP contribution in [-0.2, 0) is 26.2 Å². The second kappa shape index (κ2) is 12.9. The van der Waals surface area contributed by atoms with Crippen molar-refractivity contribution in [3.8, 4) is 22.1 Å². The van der Waals surface area contributed by atoms with Gasteiger partial charge in [0.15, 0.2) is 0 Å². The number of hydrogen-bond acceptors (Lipinski definition) is 10. The van der Waals surface area contributed by atoms with Crippen LogP contribution in [0.4, 0.5) is 11.5 Å². The molecule has 12 nitrogen and oxygen atoms in total. The second-order valence-corrected chi connectivity index (χ2v) is 16.8. The van der Waals surface area contributed by atoms with Crippen LogP contribution in [0.25, 0.3) is 20.7 Å². The van der Waals surface area contributed by atoms with Gasteiger partial charge in [-0.25, -0.2) is 4.90 Å². The average molecular weight is 791 g/mol. The molecule has 15 heteroatoms. The molecule has 3 fully saturated rings. The number of halogens is 1. The number of carbonyl (C=O) groups excluding carboxylic acids is 4. The van der Waals surface area contributed by atoms with E-state index in [1.54, 1.807) is 55.6 Å². The fourth-order valence-electron chi connectivity index (χ4n) is 9.77. The zero-order valence-electron chi connectivity index (χ0n) is 30.8. The number of thiophene rings is 1. The summed E-state index contributed by atoms with van der Waals surface area (Å²) in [5, 5.41) is 37.6. The summed E-state index contributed by atoms with van der Waals surface area (Å²) in [4.78, 5) is 61.7. The van der Waals surface area contributed by atoms with Crippen LogP contribution in [-0.4, -0.2) is 62.8 Å². The van der Waals surface area contributed by atoms with Gasteiger partial charge in [0.2, 0.25) is 23.6 Å². The van der Waals surface area contributed by atoms with E-state index in [4.69, 9.17) is 21.4 Å². The van der Waals surface area contributed by atoms with Gasteiger partial charge in [-0.3, -0.25) is 28.8 Å². The molecule has 6 unspecified atom stereocenters. The quantitative estimate of drug-likeness (QED) is 0.121. The number of fused-ring (bicyclic) bond motifs is 5. The maximum absolute atomic E-state index is 15.1. The van der Waals surface area contributed by atoms with Crippen LogP contribution in [0.5, 0.6) is 11.5 Å². The molecule has 9 rings (SSSR count). The third-order valence-electron chi connectivity index (χ3n) is 12.5.